The number of nitrogens with one attached hydrogen (secondary N) is 1. The van der Waals surface area contributed by atoms with Crippen molar-refractivity contribution in [3.63, 3.8) is 0 Å². The van der Waals surface area contributed by atoms with Crippen LogP contribution in [0.5, 0.6) is 0 Å². The standard InChI is InChI=1S/C11H16N4/c1-8-5-6-15(7-8)10-4-2-3-9(14-10)11(12)13/h2-4,8H,5-7H2,1H3,(H3,12,13). The van der Waals surface area contributed by atoms with Gasteiger partial charge >= 0.3 is 0 Å². The molecule has 2 rings (SSSR count). The van der Waals surface area contributed by atoms with Gasteiger partial charge in [0.15, 0.2) is 0 Å². The molecule has 1 fully saturated rings. The third kappa shape index (κ3) is 2.09. The normalized spacial score (nSPS) is 20.6. The van der Waals surface area contributed by atoms with Crippen molar-refractivity contribution >= 4 is 11.7 Å². The minimum Gasteiger partial charge on any atom is -0.382 e. The lowest BCUT2D eigenvalue weighted by molar-refractivity contribution is 0.659. The fraction of sp³-hybridized carbons (Fsp3) is 0.455. The first-order valence-corrected chi connectivity index (χ1v) is 5.23. The van der Waals surface area contributed by atoms with Crippen LogP contribution in [0.3, 0.4) is 0 Å². The van der Waals surface area contributed by atoms with Crippen molar-refractivity contribution in [2.24, 2.45) is 11.7 Å². The van der Waals surface area contributed by atoms with Crippen molar-refractivity contribution in [2.45, 2.75) is 13.3 Å². The number of anilines is 1. The molecule has 1 aromatic rings. The van der Waals surface area contributed by atoms with Crippen LogP contribution < -0.4 is 10.6 Å². The summed E-state index contributed by atoms with van der Waals surface area (Å²) in [4.78, 5) is 6.61. The van der Waals surface area contributed by atoms with Crippen LogP contribution in [0.15, 0.2) is 18.2 Å². The quantitative estimate of drug-likeness (QED) is 0.562. The second-order valence-corrected chi connectivity index (χ2v) is 4.13. The molecule has 1 aromatic heterocycles. The highest BCUT2D eigenvalue weighted by Crippen LogP contribution is 2.21. The second-order valence-electron chi connectivity index (χ2n) is 4.13. The molecule has 0 spiro atoms. The van der Waals surface area contributed by atoms with Crippen LogP contribution in [0.2, 0.25) is 0 Å². The molecule has 0 aliphatic carbocycles. The molecule has 80 valence electrons. The summed E-state index contributed by atoms with van der Waals surface area (Å²) in [5.74, 6) is 1.70. The molecular formula is C11H16N4. The van der Waals surface area contributed by atoms with Gasteiger partial charge in [0.05, 0.1) is 0 Å². The number of amidine groups is 1. The second kappa shape index (κ2) is 3.88. The van der Waals surface area contributed by atoms with Crippen LogP contribution in [-0.4, -0.2) is 23.9 Å². The number of aromatic nitrogens is 1. The molecule has 1 saturated heterocycles. The molecule has 1 aliphatic heterocycles. The highest BCUT2D eigenvalue weighted by molar-refractivity contribution is 5.93. The van der Waals surface area contributed by atoms with E-state index in [9.17, 15) is 0 Å². The summed E-state index contributed by atoms with van der Waals surface area (Å²) in [6, 6.07) is 5.65. The van der Waals surface area contributed by atoms with Crippen molar-refractivity contribution in [1.29, 1.82) is 5.41 Å². The van der Waals surface area contributed by atoms with E-state index in [-0.39, 0.29) is 5.84 Å². The van der Waals surface area contributed by atoms with E-state index in [2.05, 4.69) is 16.8 Å². The fourth-order valence-electron chi connectivity index (χ4n) is 1.89. The molecule has 15 heavy (non-hydrogen) atoms. The van der Waals surface area contributed by atoms with Crippen molar-refractivity contribution < 1.29 is 0 Å². The largest absolute Gasteiger partial charge is 0.382 e. The Hall–Kier alpha value is -1.58. The lowest BCUT2D eigenvalue weighted by Gasteiger charge is -2.17. The Kier molecular flexibility index (Phi) is 2.58. The zero-order chi connectivity index (χ0) is 10.8. The van der Waals surface area contributed by atoms with E-state index in [4.69, 9.17) is 11.1 Å². The van der Waals surface area contributed by atoms with Gasteiger partial charge in [-0.15, -0.1) is 0 Å². The van der Waals surface area contributed by atoms with Gasteiger partial charge in [0.2, 0.25) is 0 Å². The maximum absolute atomic E-state index is 7.34. The first-order valence-electron chi connectivity index (χ1n) is 5.23. The zero-order valence-corrected chi connectivity index (χ0v) is 8.90. The lowest BCUT2D eigenvalue weighted by Crippen LogP contribution is -2.22. The number of nitrogen functional groups attached to an aromatic ring is 1. The molecule has 0 radical (unpaired) electrons. The fourth-order valence-corrected chi connectivity index (χ4v) is 1.89. The number of pyridine rings is 1. The van der Waals surface area contributed by atoms with Crippen molar-refractivity contribution in [3.8, 4) is 0 Å². The van der Waals surface area contributed by atoms with Gasteiger partial charge in [-0.3, -0.25) is 5.41 Å². The Bertz CT molecular complexity index is 375. The van der Waals surface area contributed by atoms with Crippen LogP contribution >= 0.6 is 0 Å². The summed E-state index contributed by atoms with van der Waals surface area (Å²) in [6.07, 6.45) is 1.21. The minimum atomic E-state index is 0.0316. The van der Waals surface area contributed by atoms with E-state index >= 15 is 0 Å². The van der Waals surface area contributed by atoms with Crippen molar-refractivity contribution in [3.05, 3.63) is 23.9 Å². The molecule has 4 heteroatoms. The van der Waals surface area contributed by atoms with Gasteiger partial charge in [-0.25, -0.2) is 4.98 Å². The predicted octanol–water partition coefficient (Wildman–Crippen LogP) is 1.21. The van der Waals surface area contributed by atoms with Crippen molar-refractivity contribution in [2.75, 3.05) is 18.0 Å². The number of nitrogens with zero attached hydrogens (tertiary/aromatic N) is 2. The summed E-state index contributed by atoms with van der Waals surface area (Å²) in [5.41, 5.74) is 5.97. The minimum absolute atomic E-state index is 0.0316. The summed E-state index contributed by atoms with van der Waals surface area (Å²) >= 11 is 0. The Morgan fingerprint density at radius 1 is 1.60 bits per heavy atom. The summed E-state index contributed by atoms with van der Waals surface area (Å²) in [5, 5.41) is 7.34. The number of rotatable bonds is 2. The third-order valence-corrected chi connectivity index (χ3v) is 2.76. The molecule has 2 heterocycles. The van der Waals surface area contributed by atoms with E-state index in [0.29, 0.717) is 5.69 Å². The number of hydrogen-bond acceptors (Lipinski definition) is 3. The molecule has 1 unspecified atom stereocenters. The predicted molar refractivity (Wildman–Crippen MR) is 61.2 cm³/mol. The molecule has 3 N–H and O–H groups in total. The Morgan fingerprint density at radius 3 is 3.00 bits per heavy atom. The third-order valence-electron chi connectivity index (χ3n) is 2.76. The van der Waals surface area contributed by atoms with E-state index in [1.807, 2.05) is 12.1 Å². The average Bonchev–Trinajstić information content (AvgIpc) is 2.65. The molecule has 0 aromatic carbocycles. The van der Waals surface area contributed by atoms with Crippen LogP contribution in [-0.2, 0) is 0 Å². The SMILES string of the molecule is CC1CCN(c2cccc(C(=N)N)n2)C1. The highest BCUT2D eigenvalue weighted by Gasteiger charge is 2.19. The zero-order valence-electron chi connectivity index (χ0n) is 8.90. The number of nitrogens with two attached hydrogens (primary N) is 1. The molecule has 0 amide bonds. The molecule has 0 saturated carbocycles. The topological polar surface area (TPSA) is 66.0 Å². The van der Waals surface area contributed by atoms with Crippen molar-refractivity contribution in [1.82, 2.24) is 4.98 Å². The van der Waals surface area contributed by atoms with Crippen LogP contribution in [0, 0.1) is 11.3 Å². The van der Waals surface area contributed by atoms with Crippen LogP contribution in [0.1, 0.15) is 19.0 Å². The molecule has 1 atom stereocenters. The first-order chi connectivity index (χ1) is 7.16. The lowest BCUT2D eigenvalue weighted by atomic mass is 10.2. The molecular weight excluding hydrogens is 188 g/mol. The Morgan fingerprint density at radius 2 is 2.40 bits per heavy atom. The Labute approximate surface area is 89.6 Å². The van der Waals surface area contributed by atoms with Gasteiger partial charge in [-0.05, 0) is 24.5 Å². The Balaban J connectivity index is 2.21. The molecule has 1 aliphatic rings. The van der Waals surface area contributed by atoms with E-state index in [1.165, 1.54) is 6.42 Å². The maximum Gasteiger partial charge on any atom is 0.141 e. The van der Waals surface area contributed by atoms with Gasteiger partial charge in [-0.2, -0.15) is 0 Å². The van der Waals surface area contributed by atoms with E-state index in [1.54, 1.807) is 6.07 Å². The summed E-state index contributed by atoms with van der Waals surface area (Å²) < 4.78 is 0. The maximum atomic E-state index is 7.34. The summed E-state index contributed by atoms with van der Waals surface area (Å²) in [6.45, 7) is 4.35. The van der Waals surface area contributed by atoms with E-state index < -0.39 is 0 Å². The smallest absolute Gasteiger partial charge is 0.141 e. The first kappa shape index (κ1) is 9.96. The van der Waals surface area contributed by atoms with E-state index in [0.717, 1.165) is 24.8 Å². The van der Waals surface area contributed by atoms with Gasteiger partial charge in [0.1, 0.15) is 17.3 Å². The summed E-state index contributed by atoms with van der Waals surface area (Å²) in [7, 11) is 0. The number of hydrogen-bond donors (Lipinski definition) is 2. The molecule has 4 nitrogen and oxygen atoms in total. The average molecular weight is 204 g/mol. The van der Waals surface area contributed by atoms with Crippen LogP contribution in [0.25, 0.3) is 0 Å². The van der Waals surface area contributed by atoms with Gasteiger partial charge < -0.3 is 10.6 Å². The monoisotopic (exact) mass is 204 g/mol. The van der Waals surface area contributed by atoms with Crippen LogP contribution in [0.4, 0.5) is 5.82 Å². The van der Waals surface area contributed by atoms with Gasteiger partial charge in [0, 0.05) is 13.1 Å². The van der Waals surface area contributed by atoms with Gasteiger partial charge in [-0.1, -0.05) is 13.0 Å². The van der Waals surface area contributed by atoms with Gasteiger partial charge in [0.25, 0.3) is 0 Å². The molecule has 0 bridgehead atoms. The highest BCUT2D eigenvalue weighted by atomic mass is 15.2.